The van der Waals surface area contributed by atoms with Crippen LogP contribution in [0.15, 0.2) is 30.7 Å². The van der Waals surface area contributed by atoms with E-state index in [1.54, 1.807) is 18.5 Å². The largest absolute Gasteiger partial charge is 0.433 e. The lowest BCUT2D eigenvalue weighted by molar-refractivity contribution is -0.141. The molecule has 0 spiro atoms. The van der Waals surface area contributed by atoms with Crippen LogP contribution in [0.3, 0.4) is 0 Å². The molecule has 0 aliphatic carbocycles. The van der Waals surface area contributed by atoms with Gasteiger partial charge < -0.3 is 9.80 Å². The fraction of sp³-hybridized carbons (Fsp3) is 0.438. The summed E-state index contributed by atoms with van der Waals surface area (Å²) in [7, 11) is 1.91. The van der Waals surface area contributed by atoms with Gasteiger partial charge in [-0.3, -0.25) is 4.98 Å². The molecule has 2 aromatic heterocycles. The second-order valence-corrected chi connectivity index (χ2v) is 6.36. The number of hydrogen-bond acceptors (Lipinski definition) is 5. The predicted molar refractivity (Wildman–Crippen MR) is 89.9 cm³/mol. The Morgan fingerprint density at radius 2 is 1.80 bits per heavy atom. The molecule has 5 nitrogen and oxygen atoms in total. The van der Waals surface area contributed by atoms with Gasteiger partial charge in [0.25, 0.3) is 0 Å². The van der Waals surface area contributed by atoms with Crippen LogP contribution in [0.2, 0.25) is 5.02 Å². The van der Waals surface area contributed by atoms with Crippen molar-refractivity contribution in [2.75, 3.05) is 29.9 Å². The number of anilines is 2. The van der Waals surface area contributed by atoms with E-state index in [-0.39, 0.29) is 6.04 Å². The Morgan fingerprint density at radius 1 is 1.16 bits per heavy atom. The summed E-state index contributed by atoms with van der Waals surface area (Å²) in [4.78, 5) is 15.8. The number of hydrogen-bond donors (Lipinski definition) is 0. The molecule has 25 heavy (non-hydrogen) atoms. The quantitative estimate of drug-likeness (QED) is 0.824. The normalized spacial score (nSPS) is 16.1. The Labute approximate surface area is 148 Å². The molecule has 0 saturated carbocycles. The molecule has 0 N–H and O–H groups in total. The van der Waals surface area contributed by atoms with Crippen LogP contribution in [0.1, 0.15) is 18.5 Å². The summed E-state index contributed by atoms with van der Waals surface area (Å²) in [5.74, 6) is 0.589. The van der Waals surface area contributed by atoms with Gasteiger partial charge in [0.1, 0.15) is 5.69 Å². The minimum atomic E-state index is -4.43. The first-order valence-electron chi connectivity index (χ1n) is 7.83. The Bertz CT molecular complexity index is 714. The number of halogens is 4. The van der Waals surface area contributed by atoms with E-state index in [1.165, 1.54) is 6.20 Å². The zero-order chi connectivity index (χ0) is 18.0. The van der Waals surface area contributed by atoms with Gasteiger partial charge in [-0.05, 0) is 25.0 Å². The van der Waals surface area contributed by atoms with E-state index in [4.69, 9.17) is 11.6 Å². The zero-order valence-corrected chi connectivity index (χ0v) is 14.3. The average Bonchev–Trinajstić information content (AvgIpc) is 2.61. The third-order valence-corrected chi connectivity index (χ3v) is 4.53. The Balaban J connectivity index is 1.65. The molecule has 0 unspecified atom stereocenters. The van der Waals surface area contributed by atoms with Gasteiger partial charge in [-0.25, -0.2) is 9.97 Å². The SMILES string of the molecule is CN(c1ncc(Cl)cn1)C1CCN(c2ccnc(C(F)(F)F)c2)CC1. The molecule has 1 saturated heterocycles. The molecule has 0 atom stereocenters. The highest BCUT2D eigenvalue weighted by molar-refractivity contribution is 6.30. The van der Waals surface area contributed by atoms with E-state index in [2.05, 4.69) is 15.0 Å². The average molecular weight is 372 g/mol. The van der Waals surface area contributed by atoms with Crippen LogP contribution in [0.25, 0.3) is 0 Å². The highest BCUT2D eigenvalue weighted by Crippen LogP contribution is 2.31. The summed E-state index contributed by atoms with van der Waals surface area (Å²) < 4.78 is 38.4. The fourth-order valence-electron chi connectivity index (χ4n) is 2.93. The van der Waals surface area contributed by atoms with Gasteiger partial charge in [-0.2, -0.15) is 13.2 Å². The first-order chi connectivity index (χ1) is 11.8. The third kappa shape index (κ3) is 4.12. The maximum absolute atomic E-state index is 12.8. The van der Waals surface area contributed by atoms with Crippen LogP contribution in [0, 0.1) is 0 Å². The first kappa shape index (κ1) is 17.7. The maximum Gasteiger partial charge on any atom is 0.433 e. The molecule has 1 fully saturated rings. The molecule has 1 aliphatic rings. The van der Waals surface area contributed by atoms with E-state index in [9.17, 15) is 13.2 Å². The van der Waals surface area contributed by atoms with Gasteiger partial charge in [0.05, 0.1) is 17.4 Å². The van der Waals surface area contributed by atoms with Crippen molar-refractivity contribution in [3.8, 4) is 0 Å². The number of aromatic nitrogens is 3. The van der Waals surface area contributed by atoms with E-state index >= 15 is 0 Å². The summed E-state index contributed by atoms with van der Waals surface area (Å²) in [6.45, 7) is 1.31. The smallest absolute Gasteiger partial charge is 0.371 e. The Kier molecular flexibility index (Phi) is 4.99. The molecule has 0 aromatic carbocycles. The second kappa shape index (κ2) is 7.03. The lowest BCUT2D eigenvalue weighted by Crippen LogP contribution is -2.44. The van der Waals surface area contributed by atoms with Gasteiger partial charge in [0.2, 0.25) is 5.95 Å². The fourth-order valence-corrected chi connectivity index (χ4v) is 3.03. The highest BCUT2D eigenvalue weighted by Gasteiger charge is 2.33. The minimum absolute atomic E-state index is 0.223. The summed E-state index contributed by atoms with van der Waals surface area (Å²) in [5, 5.41) is 0.477. The molecule has 0 bridgehead atoms. The van der Waals surface area contributed by atoms with Crippen molar-refractivity contribution >= 4 is 23.2 Å². The standard InChI is InChI=1S/C16H17ClF3N5/c1-24(15-22-9-11(17)10-23-15)12-3-6-25(7-4-12)13-2-5-21-14(8-13)16(18,19)20/h2,5,8-10,12H,3-4,6-7H2,1H3. The molecule has 1 aliphatic heterocycles. The highest BCUT2D eigenvalue weighted by atomic mass is 35.5. The van der Waals surface area contributed by atoms with E-state index in [0.29, 0.717) is 29.7 Å². The van der Waals surface area contributed by atoms with E-state index < -0.39 is 11.9 Å². The van der Waals surface area contributed by atoms with Crippen LogP contribution >= 0.6 is 11.6 Å². The van der Waals surface area contributed by atoms with Crippen LogP contribution in [-0.4, -0.2) is 41.1 Å². The second-order valence-electron chi connectivity index (χ2n) is 5.93. The molecular formula is C16H17ClF3N5. The number of rotatable bonds is 3. The van der Waals surface area contributed by atoms with Crippen molar-refractivity contribution in [2.45, 2.75) is 25.1 Å². The summed E-state index contributed by atoms with van der Waals surface area (Å²) in [6, 6.07) is 2.94. The zero-order valence-electron chi connectivity index (χ0n) is 13.5. The summed E-state index contributed by atoms with van der Waals surface area (Å²) >= 11 is 5.80. The minimum Gasteiger partial charge on any atom is -0.371 e. The summed E-state index contributed by atoms with van der Waals surface area (Å²) in [5.41, 5.74) is -0.315. The number of alkyl halides is 3. The van der Waals surface area contributed by atoms with E-state index in [0.717, 1.165) is 18.9 Å². The number of piperidine rings is 1. The molecular weight excluding hydrogens is 355 g/mol. The van der Waals surface area contributed by atoms with Crippen LogP contribution < -0.4 is 9.80 Å². The van der Waals surface area contributed by atoms with Crippen LogP contribution in [0.4, 0.5) is 24.8 Å². The molecule has 0 radical (unpaired) electrons. The van der Waals surface area contributed by atoms with Crippen molar-refractivity contribution < 1.29 is 13.2 Å². The molecule has 9 heteroatoms. The van der Waals surface area contributed by atoms with Gasteiger partial charge in [-0.15, -0.1) is 0 Å². The maximum atomic E-state index is 12.8. The molecule has 3 rings (SSSR count). The van der Waals surface area contributed by atoms with Crippen molar-refractivity contribution in [3.05, 3.63) is 41.4 Å². The lowest BCUT2D eigenvalue weighted by atomic mass is 10.0. The first-order valence-corrected chi connectivity index (χ1v) is 8.21. The topological polar surface area (TPSA) is 45.2 Å². The van der Waals surface area contributed by atoms with Gasteiger partial charge in [0.15, 0.2) is 0 Å². The molecule has 3 heterocycles. The van der Waals surface area contributed by atoms with Gasteiger partial charge in [-0.1, -0.05) is 11.6 Å². The predicted octanol–water partition coefficient (Wildman–Crippen LogP) is 3.65. The monoisotopic (exact) mass is 371 g/mol. The van der Waals surface area contributed by atoms with Crippen molar-refractivity contribution in [1.29, 1.82) is 0 Å². The Morgan fingerprint density at radius 3 is 2.40 bits per heavy atom. The van der Waals surface area contributed by atoms with Crippen molar-refractivity contribution in [3.63, 3.8) is 0 Å². The van der Waals surface area contributed by atoms with Crippen molar-refractivity contribution in [1.82, 2.24) is 15.0 Å². The van der Waals surface area contributed by atoms with Crippen LogP contribution in [-0.2, 0) is 6.18 Å². The molecule has 134 valence electrons. The van der Waals surface area contributed by atoms with Gasteiger partial charge >= 0.3 is 6.18 Å². The summed E-state index contributed by atoms with van der Waals surface area (Å²) in [6.07, 6.45) is 1.47. The number of nitrogens with zero attached hydrogens (tertiary/aromatic N) is 5. The molecule has 0 amide bonds. The Hall–Kier alpha value is -2.09. The number of pyridine rings is 1. The van der Waals surface area contributed by atoms with E-state index in [1.807, 2.05) is 16.8 Å². The molecule has 2 aromatic rings. The third-order valence-electron chi connectivity index (χ3n) is 4.33. The van der Waals surface area contributed by atoms with Gasteiger partial charge in [0, 0.05) is 38.1 Å². The lowest BCUT2D eigenvalue weighted by Gasteiger charge is -2.37. The van der Waals surface area contributed by atoms with Crippen LogP contribution in [0.5, 0.6) is 0 Å². The van der Waals surface area contributed by atoms with Crippen molar-refractivity contribution in [2.24, 2.45) is 0 Å².